The van der Waals surface area contributed by atoms with Crippen molar-refractivity contribution in [1.29, 1.82) is 0 Å². The summed E-state index contributed by atoms with van der Waals surface area (Å²) in [5.74, 6) is -0.753. The number of Topliss-reactive ketones (excluding diaryl/α,β-unsaturated/α-hetero) is 1. The molecule has 2 heterocycles. The maximum Gasteiger partial charge on any atom is 0.295 e. The number of ketones is 1. The van der Waals surface area contributed by atoms with Gasteiger partial charge in [0.05, 0.1) is 31.2 Å². The highest BCUT2D eigenvalue weighted by Gasteiger charge is 2.47. The average molecular weight is 399 g/mol. The number of likely N-dealkylation sites (tertiary alicyclic amines) is 1. The molecule has 3 rings (SSSR count). The van der Waals surface area contributed by atoms with Crippen LogP contribution in [-0.4, -0.2) is 47.6 Å². The minimum Gasteiger partial charge on any atom is -0.507 e. The molecule has 1 unspecified atom stereocenters. The molecule has 7 nitrogen and oxygen atoms in total. The first-order valence-corrected chi connectivity index (χ1v) is 9.60. The number of hydrogen-bond acceptors (Lipinski definition) is 6. The normalized spacial score (nSPS) is 18.6. The molecule has 0 radical (unpaired) electrons. The van der Waals surface area contributed by atoms with E-state index >= 15 is 0 Å². The maximum absolute atomic E-state index is 12.8. The molecular formula is C22H25NO6. The zero-order chi connectivity index (χ0) is 21.0. The van der Waals surface area contributed by atoms with Gasteiger partial charge in [0, 0.05) is 12.1 Å². The van der Waals surface area contributed by atoms with Crippen LogP contribution in [0.1, 0.15) is 38.1 Å². The summed E-state index contributed by atoms with van der Waals surface area (Å²) in [4.78, 5) is 26.9. The zero-order valence-corrected chi connectivity index (χ0v) is 16.8. The van der Waals surface area contributed by atoms with Crippen LogP contribution >= 0.6 is 0 Å². The largest absolute Gasteiger partial charge is 0.507 e. The van der Waals surface area contributed by atoms with Crippen molar-refractivity contribution in [2.45, 2.75) is 32.9 Å². The van der Waals surface area contributed by atoms with E-state index in [-0.39, 0.29) is 30.6 Å². The summed E-state index contributed by atoms with van der Waals surface area (Å²) in [6.45, 7) is 6.57. The van der Waals surface area contributed by atoms with Crippen LogP contribution in [0.25, 0.3) is 5.76 Å². The Bertz CT molecular complexity index is 900. The van der Waals surface area contributed by atoms with Gasteiger partial charge in [-0.05, 0) is 45.0 Å². The number of carbonyl (C=O) groups is 2. The second-order valence-corrected chi connectivity index (χ2v) is 6.89. The van der Waals surface area contributed by atoms with Crippen molar-refractivity contribution in [3.05, 3.63) is 59.6 Å². The van der Waals surface area contributed by atoms with Crippen LogP contribution in [0.2, 0.25) is 0 Å². The molecule has 1 aromatic carbocycles. The van der Waals surface area contributed by atoms with Crippen molar-refractivity contribution in [3.8, 4) is 5.75 Å². The average Bonchev–Trinajstić information content (AvgIpc) is 3.30. The lowest BCUT2D eigenvalue weighted by molar-refractivity contribution is -0.140. The van der Waals surface area contributed by atoms with Crippen molar-refractivity contribution in [1.82, 2.24) is 4.90 Å². The predicted octanol–water partition coefficient (Wildman–Crippen LogP) is 3.53. The molecule has 1 aliphatic heterocycles. The first-order chi connectivity index (χ1) is 13.9. The number of furan rings is 1. The lowest BCUT2D eigenvalue weighted by atomic mass is 9.99. The number of ether oxygens (including phenoxy) is 2. The fourth-order valence-corrected chi connectivity index (χ4v) is 3.30. The number of nitrogens with zero attached hydrogens (tertiary/aromatic N) is 1. The van der Waals surface area contributed by atoms with Crippen molar-refractivity contribution in [3.63, 3.8) is 0 Å². The van der Waals surface area contributed by atoms with E-state index in [1.165, 1.54) is 11.2 Å². The van der Waals surface area contributed by atoms with Gasteiger partial charge in [-0.15, -0.1) is 0 Å². The Morgan fingerprint density at radius 3 is 2.69 bits per heavy atom. The summed E-state index contributed by atoms with van der Waals surface area (Å²) >= 11 is 0. The van der Waals surface area contributed by atoms with Gasteiger partial charge in [-0.3, -0.25) is 9.59 Å². The molecule has 0 aliphatic carbocycles. The fraction of sp³-hybridized carbons (Fsp3) is 0.364. The van der Waals surface area contributed by atoms with E-state index in [0.717, 1.165) is 0 Å². The molecule has 0 spiro atoms. The minimum atomic E-state index is -0.823. The molecule has 1 saturated heterocycles. The highest BCUT2D eigenvalue weighted by atomic mass is 16.5. The second-order valence-electron chi connectivity index (χ2n) is 6.89. The summed E-state index contributed by atoms with van der Waals surface area (Å²) in [7, 11) is 0. The quantitative estimate of drug-likeness (QED) is 0.415. The number of benzene rings is 1. The van der Waals surface area contributed by atoms with Crippen molar-refractivity contribution >= 4 is 17.4 Å². The molecule has 1 amide bonds. The van der Waals surface area contributed by atoms with Gasteiger partial charge in [-0.2, -0.15) is 0 Å². The molecule has 7 heteroatoms. The van der Waals surface area contributed by atoms with Gasteiger partial charge in [0.15, 0.2) is 0 Å². The minimum absolute atomic E-state index is 0.00445. The number of amides is 1. The van der Waals surface area contributed by atoms with E-state index < -0.39 is 17.7 Å². The Balaban J connectivity index is 2.03. The van der Waals surface area contributed by atoms with Crippen LogP contribution in [0.3, 0.4) is 0 Å². The number of aliphatic hydroxyl groups is 1. The summed E-state index contributed by atoms with van der Waals surface area (Å²) < 4.78 is 16.5. The molecule has 0 saturated carbocycles. The molecule has 1 atom stereocenters. The fourth-order valence-electron chi connectivity index (χ4n) is 3.30. The van der Waals surface area contributed by atoms with E-state index in [0.29, 0.717) is 23.7 Å². The van der Waals surface area contributed by atoms with Gasteiger partial charge in [0.25, 0.3) is 11.7 Å². The molecule has 1 fully saturated rings. The number of carbonyl (C=O) groups excluding carboxylic acids is 2. The number of rotatable bonds is 8. The van der Waals surface area contributed by atoms with Gasteiger partial charge in [0.2, 0.25) is 0 Å². The van der Waals surface area contributed by atoms with Crippen LogP contribution < -0.4 is 4.74 Å². The monoisotopic (exact) mass is 399 g/mol. The van der Waals surface area contributed by atoms with Crippen LogP contribution in [0.5, 0.6) is 5.75 Å². The van der Waals surface area contributed by atoms with Gasteiger partial charge < -0.3 is 23.9 Å². The third-order valence-corrected chi connectivity index (χ3v) is 4.55. The molecule has 0 bridgehead atoms. The third kappa shape index (κ3) is 4.35. The van der Waals surface area contributed by atoms with Crippen molar-refractivity contribution < 1.29 is 28.6 Å². The summed E-state index contributed by atoms with van der Waals surface area (Å²) in [6, 6.07) is 9.30. The van der Waals surface area contributed by atoms with Gasteiger partial charge >= 0.3 is 0 Å². The highest BCUT2D eigenvalue weighted by Crippen LogP contribution is 2.39. The van der Waals surface area contributed by atoms with E-state index in [9.17, 15) is 14.7 Å². The van der Waals surface area contributed by atoms with Crippen LogP contribution in [0.15, 0.2) is 52.7 Å². The smallest absolute Gasteiger partial charge is 0.295 e. The van der Waals surface area contributed by atoms with Gasteiger partial charge in [-0.25, -0.2) is 0 Å². The molecule has 1 aliphatic rings. The lowest BCUT2D eigenvalue weighted by Gasteiger charge is -2.23. The van der Waals surface area contributed by atoms with Crippen molar-refractivity contribution in [2.75, 3.05) is 19.8 Å². The second kappa shape index (κ2) is 8.96. The SMILES string of the molecule is CCOc1cccc(/C(O)=C2/C(=O)C(=O)N(CCOC(C)C)C2c2ccco2)c1. The third-order valence-electron chi connectivity index (χ3n) is 4.55. The van der Waals surface area contributed by atoms with Crippen LogP contribution in [-0.2, 0) is 14.3 Å². The molecule has 1 aromatic heterocycles. The van der Waals surface area contributed by atoms with E-state index in [2.05, 4.69) is 0 Å². The molecular weight excluding hydrogens is 374 g/mol. The Hall–Kier alpha value is -3.06. The van der Waals surface area contributed by atoms with E-state index in [1.807, 2.05) is 20.8 Å². The zero-order valence-electron chi connectivity index (χ0n) is 16.8. The number of hydrogen-bond donors (Lipinski definition) is 1. The Labute approximate surface area is 169 Å². The summed E-state index contributed by atoms with van der Waals surface area (Å²) in [5, 5.41) is 11.0. The highest BCUT2D eigenvalue weighted by molar-refractivity contribution is 6.46. The number of aliphatic hydroxyl groups excluding tert-OH is 1. The topological polar surface area (TPSA) is 89.2 Å². The molecule has 154 valence electrons. The predicted molar refractivity (Wildman–Crippen MR) is 106 cm³/mol. The summed E-state index contributed by atoms with van der Waals surface area (Å²) in [5.41, 5.74) is 0.382. The van der Waals surface area contributed by atoms with Crippen LogP contribution in [0, 0.1) is 0 Å². The Morgan fingerprint density at radius 1 is 1.24 bits per heavy atom. The van der Waals surface area contributed by atoms with E-state index in [4.69, 9.17) is 13.9 Å². The maximum atomic E-state index is 12.8. The van der Waals surface area contributed by atoms with E-state index in [1.54, 1.807) is 36.4 Å². The molecule has 29 heavy (non-hydrogen) atoms. The first-order valence-electron chi connectivity index (χ1n) is 9.60. The molecule has 2 aromatic rings. The Morgan fingerprint density at radius 2 is 2.03 bits per heavy atom. The first kappa shape index (κ1) is 20.7. The standard InChI is InChI=1S/C22H25NO6/c1-4-27-16-8-5-7-15(13-16)20(24)18-19(17-9-6-11-29-17)23(22(26)21(18)25)10-12-28-14(2)3/h5-9,11,13-14,19,24H,4,10,12H2,1-3H3/b20-18-. The lowest BCUT2D eigenvalue weighted by Crippen LogP contribution is -2.33. The summed E-state index contributed by atoms with van der Waals surface area (Å²) in [6.07, 6.45) is 1.46. The molecule has 1 N–H and O–H groups in total. The van der Waals surface area contributed by atoms with Crippen molar-refractivity contribution in [2.24, 2.45) is 0 Å². The van der Waals surface area contributed by atoms with Crippen LogP contribution in [0.4, 0.5) is 0 Å². The Kier molecular flexibility index (Phi) is 6.39. The van der Waals surface area contributed by atoms with Gasteiger partial charge in [0.1, 0.15) is 23.3 Å². The van der Waals surface area contributed by atoms with Gasteiger partial charge in [-0.1, -0.05) is 12.1 Å².